The number of piperazine rings is 1. The number of nitrogens with one attached hydrogen (secondary N) is 1. The molecule has 0 radical (unpaired) electrons. The van der Waals surface area contributed by atoms with Crippen LogP contribution in [0.4, 0.5) is 23.0 Å². The Morgan fingerprint density at radius 1 is 0.950 bits per heavy atom. The first-order valence-corrected chi connectivity index (χ1v) is 14.4. The molecule has 0 bridgehead atoms. The minimum absolute atomic E-state index is 0.207. The van der Waals surface area contributed by atoms with E-state index < -0.39 is 0 Å². The molecule has 4 aromatic rings. The van der Waals surface area contributed by atoms with Gasteiger partial charge in [0.05, 0.1) is 11.7 Å². The van der Waals surface area contributed by atoms with Gasteiger partial charge in [-0.15, -0.1) is 0 Å². The highest BCUT2D eigenvalue weighted by Crippen LogP contribution is 2.45. The summed E-state index contributed by atoms with van der Waals surface area (Å²) in [6.45, 7) is 6.11. The molecule has 1 aromatic carbocycles. The van der Waals surface area contributed by atoms with Crippen LogP contribution in [0.2, 0.25) is 0 Å². The molecule has 3 fully saturated rings. The molecule has 3 aliphatic rings. The van der Waals surface area contributed by atoms with Crippen molar-refractivity contribution < 1.29 is 5.11 Å². The topological polar surface area (TPSA) is 93.5 Å². The average Bonchev–Trinajstić information content (AvgIpc) is 3.73. The van der Waals surface area contributed by atoms with Crippen molar-refractivity contribution in [2.75, 3.05) is 68.0 Å². The summed E-state index contributed by atoms with van der Waals surface area (Å²) in [5.41, 5.74) is 5.27. The number of fused-ring (bicyclic) bond motifs is 1. The molecule has 40 heavy (non-hydrogen) atoms. The fraction of sp³-hybridized carbons (Fsp3) is 0.419. The molecule has 1 aliphatic carbocycles. The highest BCUT2D eigenvalue weighted by molar-refractivity contribution is 5.94. The fourth-order valence-electron chi connectivity index (χ4n) is 5.96. The Morgan fingerprint density at radius 3 is 2.62 bits per heavy atom. The first-order chi connectivity index (χ1) is 19.6. The number of pyridine rings is 2. The summed E-state index contributed by atoms with van der Waals surface area (Å²) in [4.78, 5) is 26.4. The highest BCUT2D eigenvalue weighted by atomic mass is 16.3. The number of aliphatic hydroxyl groups is 1. The average molecular weight is 537 g/mol. The zero-order valence-corrected chi connectivity index (χ0v) is 23.0. The lowest BCUT2D eigenvalue weighted by atomic mass is 10.1. The van der Waals surface area contributed by atoms with E-state index in [1.807, 2.05) is 30.7 Å². The summed E-state index contributed by atoms with van der Waals surface area (Å²) in [5.74, 6) is 3.20. The number of rotatable bonds is 7. The lowest BCUT2D eigenvalue weighted by Crippen LogP contribution is -2.44. The molecule has 9 heteroatoms. The van der Waals surface area contributed by atoms with E-state index in [2.05, 4.69) is 61.3 Å². The summed E-state index contributed by atoms with van der Waals surface area (Å²) in [6, 6.07) is 12.5. The Hall–Kier alpha value is -3.82. The van der Waals surface area contributed by atoms with Gasteiger partial charge in [0.15, 0.2) is 5.82 Å². The Bertz CT molecular complexity index is 1510. The molecule has 1 saturated carbocycles. The molecule has 2 N–H and O–H groups in total. The number of hydrogen-bond acceptors (Lipinski definition) is 9. The molecule has 206 valence electrons. The van der Waals surface area contributed by atoms with E-state index in [0.717, 1.165) is 79.5 Å². The van der Waals surface area contributed by atoms with Crippen molar-refractivity contribution >= 4 is 33.9 Å². The van der Waals surface area contributed by atoms with Crippen molar-refractivity contribution in [2.24, 2.45) is 5.92 Å². The van der Waals surface area contributed by atoms with Crippen molar-refractivity contribution in [3.8, 4) is 11.4 Å². The molecule has 5 heterocycles. The van der Waals surface area contributed by atoms with Gasteiger partial charge in [-0.25, -0.2) is 15.0 Å². The molecule has 0 spiro atoms. The van der Waals surface area contributed by atoms with Crippen LogP contribution in [0.5, 0.6) is 0 Å². The monoisotopic (exact) mass is 536 g/mol. The van der Waals surface area contributed by atoms with E-state index in [1.165, 1.54) is 24.1 Å². The zero-order chi connectivity index (χ0) is 27.1. The van der Waals surface area contributed by atoms with E-state index in [9.17, 15) is 5.11 Å². The smallest absolute Gasteiger partial charge is 0.162 e. The van der Waals surface area contributed by atoms with Gasteiger partial charge in [-0.2, -0.15) is 0 Å². The molecule has 1 atom stereocenters. The van der Waals surface area contributed by atoms with Crippen LogP contribution in [-0.2, 0) is 0 Å². The molecule has 2 aliphatic heterocycles. The van der Waals surface area contributed by atoms with Crippen LogP contribution in [-0.4, -0.2) is 82.9 Å². The number of aromatic nitrogens is 4. The van der Waals surface area contributed by atoms with Crippen LogP contribution in [0.15, 0.2) is 55.0 Å². The van der Waals surface area contributed by atoms with E-state index in [0.29, 0.717) is 11.7 Å². The number of likely N-dealkylation sites (N-methyl/N-ethyl adjacent to an activating group) is 1. The quantitative estimate of drug-likeness (QED) is 0.359. The maximum Gasteiger partial charge on any atom is 0.162 e. The Labute approximate surface area is 234 Å². The number of nitrogens with zero attached hydrogens (tertiary/aromatic N) is 7. The van der Waals surface area contributed by atoms with Crippen molar-refractivity contribution in [1.29, 1.82) is 0 Å². The van der Waals surface area contributed by atoms with Crippen LogP contribution in [0.25, 0.3) is 22.3 Å². The summed E-state index contributed by atoms with van der Waals surface area (Å²) < 4.78 is 0. The van der Waals surface area contributed by atoms with Gasteiger partial charge in [0.25, 0.3) is 0 Å². The van der Waals surface area contributed by atoms with Gasteiger partial charge in [-0.3, -0.25) is 4.98 Å². The first-order valence-electron chi connectivity index (χ1n) is 14.4. The van der Waals surface area contributed by atoms with Gasteiger partial charge >= 0.3 is 0 Å². The first kappa shape index (κ1) is 25.2. The van der Waals surface area contributed by atoms with Crippen molar-refractivity contribution in [2.45, 2.75) is 25.2 Å². The number of hydrogen-bond donors (Lipinski definition) is 2. The molecule has 0 unspecified atom stereocenters. The predicted octanol–water partition coefficient (Wildman–Crippen LogP) is 4.28. The normalized spacial score (nSPS) is 19.9. The van der Waals surface area contributed by atoms with Crippen molar-refractivity contribution in [3.05, 3.63) is 60.6 Å². The van der Waals surface area contributed by atoms with Gasteiger partial charge in [0.2, 0.25) is 0 Å². The fourth-order valence-corrected chi connectivity index (χ4v) is 5.96. The third-order valence-electron chi connectivity index (χ3n) is 8.48. The second-order valence-electron chi connectivity index (χ2n) is 11.4. The summed E-state index contributed by atoms with van der Waals surface area (Å²) >= 11 is 0. The van der Waals surface area contributed by atoms with Crippen LogP contribution < -0.4 is 15.1 Å². The SMILES string of the molecule is CN1CCN(c2cccc(Nc3cc(-c4nc(N5CC[C@@H](CO)C5)c5c(C6CC6)cncc5n4)ccn3)c2)CC1. The summed E-state index contributed by atoms with van der Waals surface area (Å²) in [7, 11) is 2.18. The van der Waals surface area contributed by atoms with E-state index in [1.54, 1.807) is 0 Å². The number of aliphatic hydroxyl groups excluding tert-OH is 1. The standard InChI is InChI=1S/C31H36N8O/c1-37-11-13-38(14-12-37)25-4-2-3-24(16-25)34-28-15-23(7-9-33-28)30-35-27-18-32-17-26(22-5-6-22)29(27)31(36-30)39-10-8-21(19-39)20-40/h2-4,7,9,15-18,21-22,40H,5-6,8,10-14,19-20H2,1H3,(H,33,34)/t21-/m1/s1. The van der Waals surface area contributed by atoms with E-state index in [4.69, 9.17) is 9.97 Å². The summed E-state index contributed by atoms with van der Waals surface area (Å²) in [6.07, 6.45) is 9.02. The Kier molecular flexibility index (Phi) is 6.69. The maximum absolute atomic E-state index is 9.79. The summed E-state index contributed by atoms with van der Waals surface area (Å²) in [5, 5.41) is 14.4. The van der Waals surface area contributed by atoms with Gasteiger partial charge in [-0.1, -0.05) is 6.07 Å². The van der Waals surface area contributed by atoms with Gasteiger partial charge < -0.3 is 25.1 Å². The minimum atomic E-state index is 0.207. The maximum atomic E-state index is 9.79. The van der Waals surface area contributed by atoms with Gasteiger partial charge in [0.1, 0.15) is 11.6 Å². The third kappa shape index (κ3) is 5.07. The number of anilines is 4. The second-order valence-corrected chi connectivity index (χ2v) is 11.4. The molecule has 3 aromatic heterocycles. The van der Waals surface area contributed by atoms with E-state index >= 15 is 0 Å². The van der Waals surface area contributed by atoms with Gasteiger partial charge in [-0.05, 0) is 68.1 Å². The molecular formula is C31H36N8O. The lowest BCUT2D eigenvalue weighted by Gasteiger charge is -2.34. The molecule has 7 rings (SSSR count). The van der Waals surface area contributed by atoms with Crippen molar-refractivity contribution in [1.82, 2.24) is 24.8 Å². The highest BCUT2D eigenvalue weighted by Gasteiger charge is 2.31. The predicted molar refractivity (Wildman–Crippen MR) is 159 cm³/mol. The Balaban J connectivity index is 1.21. The van der Waals surface area contributed by atoms with Gasteiger partial charge in [0, 0.05) is 86.5 Å². The molecular weight excluding hydrogens is 500 g/mol. The van der Waals surface area contributed by atoms with Crippen molar-refractivity contribution in [3.63, 3.8) is 0 Å². The second kappa shape index (κ2) is 10.6. The van der Waals surface area contributed by atoms with E-state index in [-0.39, 0.29) is 12.5 Å². The van der Waals surface area contributed by atoms with Crippen LogP contribution in [0, 0.1) is 5.92 Å². The minimum Gasteiger partial charge on any atom is -0.396 e. The Morgan fingerprint density at radius 2 is 1.82 bits per heavy atom. The lowest BCUT2D eigenvalue weighted by molar-refractivity contribution is 0.238. The molecule has 9 nitrogen and oxygen atoms in total. The zero-order valence-electron chi connectivity index (χ0n) is 23.0. The largest absolute Gasteiger partial charge is 0.396 e. The van der Waals surface area contributed by atoms with Crippen LogP contribution >= 0.6 is 0 Å². The molecule has 2 saturated heterocycles. The number of benzene rings is 1. The third-order valence-corrected chi connectivity index (χ3v) is 8.48. The van der Waals surface area contributed by atoms with Crippen LogP contribution in [0.1, 0.15) is 30.7 Å². The molecule has 0 amide bonds. The van der Waals surface area contributed by atoms with Crippen LogP contribution in [0.3, 0.4) is 0 Å².